The summed E-state index contributed by atoms with van der Waals surface area (Å²) in [5.74, 6) is -0.909. The van der Waals surface area contributed by atoms with Gasteiger partial charge in [-0.05, 0) is 26.9 Å². The van der Waals surface area contributed by atoms with Crippen LogP contribution in [0.1, 0.15) is 30.5 Å². The van der Waals surface area contributed by atoms with Gasteiger partial charge in [-0.3, -0.25) is 4.79 Å². The van der Waals surface area contributed by atoms with Crippen molar-refractivity contribution >= 4 is 23.2 Å². The van der Waals surface area contributed by atoms with Crippen LogP contribution in [-0.2, 0) is 17.5 Å². The number of carbonyl (C=O) groups excluding carboxylic acids is 1. The van der Waals surface area contributed by atoms with Crippen LogP contribution >= 0.6 is 11.3 Å². The minimum absolute atomic E-state index is 0.00725. The topological polar surface area (TPSA) is 74.2 Å². The highest BCUT2D eigenvalue weighted by Crippen LogP contribution is 2.40. The first-order valence-electron chi connectivity index (χ1n) is 9.31. The number of aromatic nitrogens is 3. The van der Waals surface area contributed by atoms with Crippen LogP contribution in [0.3, 0.4) is 0 Å². The number of halogens is 4. The van der Waals surface area contributed by atoms with Crippen molar-refractivity contribution in [3.8, 4) is 10.6 Å². The molecule has 164 valence electrons. The van der Waals surface area contributed by atoms with E-state index in [-0.39, 0.29) is 34.3 Å². The van der Waals surface area contributed by atoms with E-state index >= 15 is 0 Å². The number of likely N-dealkylation sites (tertiary alicyclic amines) is 1. The molecule has 0 unspecified atom stereocenters. The molecule has 2 aromatic heterocycles. The number of nitrogens with one attached hydrogen (secondary N) is 1. The lowest BCUT2D eigenvalue weighted by Gasteiger charge is -2.31. The molecule has 1 saturated heterocycles. The summed E-state index contributed by atoms with van der Waals surface area (Å²) in [5, 5.41) is 3.26. The van der Waals surface area contributed by atoms with E-state index in [0.29, 0.717) is 25.9 Å². The molecule has 3 rings (SSSR count). The summed E-state index contributed by atoms with van der Waals surface area (Å²) in [7, 11) is 3.41. The summed E-state index contributed by atoms with van der Waals surface area (Å²) in [4.78, 5) is 26.0. The molecule has 1 N–H and O–H groups in total. The van der Waals surface area contributed by atoms with E-state index in [1.807, 2.05) is 0 Å². The van der Waals surface area contributed by atoms with Gasteiger partial charge in [0.25, 0.3) is 0 Å². The Labute approximate surface area is 175 Å². The number of anilines is 1. The van der Waals surface area contributed by atoms with Gasteiger partial charge >= 0.3 is 6.18 Å². The molecule has 0 bridgehead atoms. The standard InChI is InChI=1S/C18H22F4N6OS/c1-10(29)28-6-4-11(5-7-28)24-17-23-8-12(19)14(26-17)15-16(18(20,21)22)25-13(30-15)9-27(2)3/h8,11H,4-7,9H2,1-3H3,(H,23,24,26). The summed E-state index contributed by atoms with van der Waals surface area (Å²) in [6.45, 7) is 2.81. The van der Waals surface area contributed by atoms with Crippen molar-refractivity contribution in [3.05, 3.63) is 22.7 Å². The van der Waals surface area contributed by atoms with Gasteiger partial charge in [0.2, 0.25) is 11.9 Å². The minimum Gasteiger partial charge on any atom is -0.351 e. The van der Waals surface area contributed by atoms with Crippen molar-refractivity contribution in [1.29, 1.82) is 0 Å². The lowest BCUT2D eigenvalue weighted by Crippen LogP contribution is -2.41. The Morgan fingerprint density at radius 2 is 1.97 bits per heavy atom. The Hall–Kier alpha value is -2.34. The van der Waals surface area contributed by atoms with Crippen molar-refractivity contribution in [2.24, 2.45) is 0 Å². The molecule has 0 radical (unpaired) electrons. The number of hydrogen-bond donors (Lipinski definition) is 1. The maximum atomic E-state index is 14.4. The second kappa shape index (κ2) is 8.80. The van der Waals surface area contributed by atoms with Gasteiger partial charge in [-0.1, -0.05) is 0 Å². The summed E-state index contributed by atoms with van der Waals surface area (Å²) >= 11 is 0.765. The number of hydrogen-bond acceptors (Lipinski definition) is 7. The van der Waals surface area contributed by atoms with Gasteiger partial charge in [-0.25, -0.2) is 19.3 Å². The van der Waals surface area contributed by atoms with Crippen LogP contribution in [0.2, 0.25) is 0 Å². The molecule has 1 aliphatic heterocycles. The third-order valence-corrected chi connectivity index (χ3v) is 5.67. The fourth-order valence-electron chi connectivity index (χ4n) is 3.17. The fraction of sp³-hybridized carbons (Fsp3) is 0.556. The van der Waals surface area contributed by atoms with E-state index in [4.69, 9.17) is 0 Å². The molecule has 1 fully saturated rings. The molecule has 12 heteroatoms. The molecular formula is C18H22F4N6OS. The van der Waals surface area contributed by atoms with E-state index in [9.17, 15) is 22.4 Å². The predicted molar refractivity (Wildman–Crippen MR) is 104 cm³/mol. The maximum absolute atomic E-state index is 14.4. The van der Waals surface area contributed by atoms with E-state index in [2.05, 4.69) is 20.3 Å². The number of thiazole rings is 1. The number of nitrogens with zero attached hydrogens (tertiary/aromatic N) is 5. The maximum Gasteiger partial charge on any atom is 0.434 e. The molecule has 0 atom stereocenters. The smallest absolute Gasteiger partial charge is 0.351 e. The van der Waals surface area contributed by atoms with E-state index in [0.717, 1.165) is 17.5 Å². The first-order valence-corrected chi connectivity index (χ1v) is 10.1. The Kier molecular flexibility index (Phi) is 6.56. The zero-order valence-corrected chi connectivity index (χ0v) is 17.6. The average Bonchev–Trinajstić information content (AvgIpc) is 3.07. The van der Waals surface area contributed by atoms with Crippen LogP contribution in [0.5, 0.6) is 0 Å². The second-order valence-corrected chi connectivity index (χ2v) is 8.42. The van der Waals surface area contributed by atoms with E-state index < -0.39 is 23.4 Å². The van der Waals surface area contributed by atoms with Gasteiger partial charge in [-0.2, -0.15) is 13.2 Å². The zero-order chi connectivity index (χ0) is 22.1. The summed E-state index contributed by atoms with van der Waals surface area (Å²) < 4.78 is 54.9. The quantitative estimate of drug-likeness (QED) is 0.711. The van der Waals surface area contributed by atoms with Gasteiger partial charge in [-0.15, -0.1) is 11.3 Å². The van der Waals surface area contributed by atoms with Crippen molar-refractivity contribution in [1.82, 2.24) is 24.8 Å². The Balaban J connectivity index is 1.87. The molecule has 0 saturated carbocycles. The predicted octanol–water partition coefficient (Wildman–Crippen LogP) is 3.24. The van der Waals surface area contributed by atoms with Gasteiger partial charge < -0.3 is 15.1 Å². The van der Waals surface area contributed by atoms with Gasteiger partial charge in [0.15, 0.2) is 11.5 Å². The van der Waals surface area contributed by atoms with Crippen LogP contribution in [0.15, 0.2) is 6.20 Å². The summed E-state index contributed by atoms with van der Waals surface area (Å²) in [6.07, 6.45) is -2.60. The molecule has 3 heterocycles. The SMILES string of the molecule is CC(=O)N1CCC(Nc2ncc(F)c(-c3sc(CN(C)C)nc3C(F)(F)F)n2)CC1. The Morgan fingerprint density at radius 3 is 2.53 bits per heavy atom. The first-order chi connectivity index (χ1) is 14.0. The molecule has 1 aliphatic rings. The molecule has 2 aromatic rings. The molecule has 7 nitrogen and oxygen atoms in total. The molecule has 0 spiro atoms. The molecular weight excluding hydrogens is 424 g/mol. The van der Waals surface area contributed by atoms with Crippen LogP contribution in [0.4, 0.5) is 23.5 Å². The number of piperidine rings is 1. The molecule has 30 heavy (non-hydrogen) atoms. The zero-order valence-electron chi connectivity index (χ0n) is 16.8. The first kappa shape index (κ1) is 22.3. The van der Waals surface area contributed by atoms with Crippen LogP contribution < -0.4 is 5.32 Å². The van der Waals surface area contributed by atoms with Crippen LogP contribution in [0.25, 0.3) is 10.6 Å². The highest BCUT2D eigenvalue weighted by atomic mass is 32.1. The van der Waals surface area contributed by atoms with E-state index in [1.165, 1.54) is 6.92 Å². The third kappa shape index (κ3) is 5.22. The van der Waals surface area contributed by atoms with Gasteiger partial charge in [0.1, 0.15) is 10.7 Å². The van der Waals surface area contributed by atoms with Crippen molar-refractivity contribution < 1.29 is 22.4 Å². The normalized spacial score (nSPS) is 15.7. The molecule has 0 aromatic carbocycles. The van der Waals surface area contributed by atoms with Crippen LogP contribution in [-0.4, -0.2) is 63.9 Å². The van der Waals surface area contributed by atoms with Crippen molar-refractivity contribution in [3.63, 3.8) is 0 Å². The minimum atomic E-state index is -4.74. The van der Waals surface area contributed by atoms with Gasteiger partial charge in [0.05, 0.1) is 11.1 Å². The lowest BCUT2D eigenvalue weighted by atomic mass is 10.1. The monoisotopic (exact) mass is 446 g/mol. The lowest BCUT2D eigenvalue weighted by molar-refractivity contribution is -0.140. The van der Waals surface area contributed by atoms with E-state index in [1.54, 1.807) is 23.9 Å². The number of alkyl halides is 3. The van der Waals surface area contributed by atoms with Crippen LogP contribution in [0, 0.1) is 5.82 Å². The third-order valence-electron chi connectivity index (χ3n) is 4.62. The Bertz CT molecular complexity index is 909. The summed E-state index contributed by atoms with van der Waals surface area (Å²) in [6, 6.07) is -0.0632. The number of amides is 1. The van der Waals surface area contributed by atoms with Crippen molar-refractivity contribution in [2.75, 3.05) is 32.5 Å². The fourth-order valence-corrected chi connectivity index (χ4v) is 4.37. The molecule has 1 amide bonds. The van der Waals surface area contributed by atoms with Crippen molar-refractivity contribution in [2.45, 2.75) is 38.5 Å². The number of rotatable bonds is 5. The largest absolute Gasteiger partial charge is 0.434 e. The average molecular weight is 446 g/mol. The Morgan fingerprint density at radius 1 is 1.30 bits per heavy atom. The highest BCUT2D eigenvalue weighted by molar-refractivity contribution is 7.15. The number of carbonyl (C=O) groups is 1. The highest BCUT2D eigenvalue weighted by Gasteiger charge is 2.39. The van der Waals surface area contributed by atoms with Gasteiger partial charge in [0, 0.05) is 32.6 Å². The second-order valence-electron chi connectivity index (χ2n) is 7.34. The summed E-state index contributed by atoms with van der Waals surface area (Å²) in [5.41, 5.74) is -1.58. The molecule has 0 aliphatic carbocycles.